The van der Waals surface area contributed by atoms with Crippen molar-refractivity contribution in [2.75, 3.05) is 24.4 Å². The van der Waals surface area contributed by atoms with Gasteiger partial charge in [0.25, 0.3) is 17.7 Å². The van der Waals surface area contributed by atoms with Crippen molar-refractivity contribution in [1.82, 2.24) is 0 Å². The van der Waals surface area contributed by atoms with Crippen molar-refractivity contribution < 1.29 is 46.9 Å². The normalized spacial score (nSPS) is 17.2. The van der Waals surface area contributed by atoms with Crippen LogP contribution in [0.5, 0.6) is 11.5 Å². The molecular formula is C30H28F2N2O8. The summed E-state index contributed by atoms with van der Waals surface area (Å²) in [5, 5.41) is 2.71. The number of hydrogen-bond acceptors (Lipinski definition) is 8. The number of rotatable bonds is 7. The van der Waals surface area contributed by atoms with E-state index in [0.717, 1.165) is 18.7 Å². The fourth-order valence-corrected chi connectivity index (χ4v) is 4.68. The van der Waals surface area contributed by atoms with Gasteiger partial charge in [0.05, 0.1) is 31.9 Å². The number of nitrogens with one attached hydrogen (secondary N) is 1. The SMILES string of the molecule is COc1cccc(C(=O)Nc2ccc(C(=O)N3c4ccccc4C(OC(C)=O)C(F)(F)CC3OC(C)=O)cc2)c1OC. The number of esters is 2. The van der Waals surface area contributed by atoms with Gasteiger partial charge in [0, 0.05) is 30.7 Å². The molecule has 0 aromatic heterocycles. The molecule has 1 aliphatic rings. The molecule has 0 aliphatic carbocycles. The molecule has 0 bridgehead atoms. The summed E-state index contributed by atoms with van der Waals surface area (Å²) < 4.78 is 51.7. The number of methoxy groups -OCH3 is 2. The molecule has 1 heterocycles. The van der Waals surface area contributed by atoms with Crippen LogP contribution in [-0.4, -0.2) is 50.1 Å². The number of nitrogens with zero attached hydrogens (tertiary/aromatic N) is 1. The van der Waals surface area contributed by atoms with Gasteiger partial charge in [-0.15, -0.1) is 0 Å². The summed E-state index contributed by atoms with van der Waals surface area (Å²) >= 11 is 0. The van der Waals surface area contributed by atoms with E-state index in [0.29, 0.717) is 11.4 Å². The van der Waals surface area contributed by atoms with Gasteiger partial charge in [0.1, 0.15) is 0 Å². The molecule has 3 aromatic rings. The summed E-state index contributed by atoms with van der Waals surface area (Å²) in [7, 11) is 2.85. The average molecular weight is 583 g/mol. The highest BCUT2D eigenvalue weighted by Crippen LogP contribution is 2.47. The van der Waals surface area contributed by atoms with Gasteiger partial charge in [0.15, 0.2) is 23.8 Å². The minimum Gasteiger partial charge on any atom is -0.493 e. The van der Waals surface area contributed by atoms with E-state index < -0.39 is 48.4 Å². The molecule has 0 radical (unpaired) electrons. The van der Waals surface area contributed by atoms with E-state index in [-0.39, 0.29) is 28.1 Å². The van der Waals surface area contributed by atoms with Crippen molar-refractivity contribution in [3.63, 3.8) is 0 Å². The molecule has 220 valence electrons. The molecule has 4 rings (SSSR count). The summed E-state index contributed by atoms with van der Waals surface area (Å²) in [5.74, 6) is -6.17. The van der Waals surface area contributed by atoms with Crippen LogP contribution in [-0.2, 0) is 19.1 Å². The van der Waals surface area contributed by atoms with Crippen LogP contribution in [0.4, 0.5) is 20.2 Å². The van der Waals surface area contributed by atoms with Crippen molar-refractivity contribution in [2.24, 2.45) is 0 Å². The van der Waals surface area contributed by atoms with Gasteiger partial charge < -0.3 is 24.3 Å². The van der Waals surface area contributed by atoms with Crippen LogP contribution in [0.3, 0.4) is 0 Å². The van der Waals surface area contributed by atoms with E-state index in [4.69, 9.17) is 18.9 Å². The number of benzene rings is 3. The largest absolute Gasteiger partial charge is 0.493 e. The lowest BCUT2D eigenvalue weighted by Gasteiger charge is -2.31. The van der Waals surface area contributed by atoms with Gasteiger partial charge in [-0.05, 0) is 42.5 Å². The summed E-state index contributed by atoms with van der Waals surface area (Å²) in [5.41, 5.74) is 0.450. The predicted molar refractivity (Wildman–Crippen MR) is 147 cm³/mol. The topological polar surface area (TPSA) is 120 Å². The number of hydrogen-bond donors (Lipinski definition) is 1. The molecule has 10 nitrogen and oxygen atoms in total. The van der Waals surface area contributed by atoms with Crippen molar-refractivity contribution in [1.29, 1.82) is 0 Å². The van der Waals surface area contributed by atoms with Crippen LogP contribution in [0, 0.1) is 0 Å². The third-order valence-corrected chi connectivity index (χ3v) is 6.44. The van der Waals surface area contributed by atoms with Crippen LogP contribution in [0.2, 0.25) is 0 Å². The maximum absolute atomic E-state index is 15.5. The minimum atomic E-state index is -3.69. The first-order valence-electron chi connectivity index (χ1n) is 12.7. The number of amides is 2. The van der Waals surface area contributed by atoms with E-state index in [9.17, 15) is 19.2 Å². The van der Waals surface area contributed by atoms with Crippen molar-refractivity contribution in [3.05, 3.63) is 83.4 Å². The highest BCUT2D eigenvalue weighted by molar-refractivity contribution is 6.09. The number of anilines is 2. The molecule has 2 unspecified atom stereocenters. The van der Waals surface area contributed by atoms with Gasteiger partial charge in [0.2, 0.25) is 0 Å². The fraction of sp³-hybridized carbons (Fsp3) is 0.267. The molecule has 0 saturated heterocycles. The number of alkyl halides is 2. The predicted octanol–water partition coefficient (Wildman–Crippen LogP) is 5.14. The lowest BCUT2D eigenvalue weighted by atomic mass is 10.0. The number of halogens is 2. The van der Waals surface area contributed by atoms with Gasteiger partial charge in [-0.2, -0.15) is 0 Å². The number of carbonyl (C=O) groups excluding carboxylic acids is 4. The number of carbonyl (C=O) groups is 4. The maximum Gasteiger partial charge on any atom is 0.304 e. The molecule has 12 heteroatoms. The quantitative estimate of drug-likeness (QED) is 0.381. The highest BCUT2D eigenvalue weighted by atomic mass is 19.3. The van der Waals surface area contributed by atoms with E-state index >= 15 is 8.78 Å². The van der Waals surface area contributed by atoms with Crippen molar-refractivity contribution in [2.45, 2.75) is 38.5 Å². The third kappa shape index (κ3) is 6.17. The first-order valence-corrected chi connectivity index (χ1v) is 12.7. The summed E-state index contributed by atoms with van der Waals surface area (Å²) in [4.78, 5) is 51.3. The summed E-state index contributed by atoms with van der Waals surface area (Å²) in [6.45, 7) is 2.04. The molecule has 0 saturated carbocycles. The molecular weight excluding hydrogens is 554 g/mol. The van der Waals surface area contributed by atoms with E-state index in [2.05, 4.69) is 5.32 Å². The molecule has 1 N–H and O–H groups in total. The zero-order valence-electron chi connectivity index (χ0n) is 23.2. The first kappa shape index (κ1) is 30.0. The third-order valence-electron chi connectivity index (χ3n) is 6.44. The molecule has 1 aliphatic heterocycles. The molecule has 0 fully saturated rings. The molecule has 42 heavy (non-hydrogen) atoms. The standard InChI is InChI=1S/C30H28F2N2O8/c1-17(35)41-25-16-30(31,32)27(42-18(2)36)21-8-5-6-10-23(21)34(25)29(38)19-12-14-20(15-13-19)33-28(37)22-9-7-11-24(39-3)26(22)40-4/h5-15,25,27H,16H2,1-4H3,(H,33,37). The number of para-hydroxylation sites is 2. The van der Waals surface area contributed by atoms with Crippen LogP contribution in [0.25, 0.3) is 0 Å². The Kier molecular flexibility index (Phi) is 8.74. The zero-order valence-corrected chi connectivity index (χ0v) is 23.2. The lowest BCUT2D eigenvalue weighted by molar-refractivity contribution is -0.181. The second-order valence-corrected chi connectivity index (χ2v) is 9.33. The van der Waals surface area contributed by atoms with Gasteiger partial charge in [-0.25, -0.2) is 8.78 Å². The zero-order chi connectivity index (χ0) is 30.6. The smallest absolute Gasteiger partial charge is 0.304 e. The lowest BCUT2D eigenvalue weighted by Crippen LogP contribution is -2.45. The van der Waals surface area contributed by atoms with Crippen molar-refractivity contribution in [3.8, 4) is 11.5 Å². The van der Waals surface area contributed by atoms with Gasteiger partial charge >= 0.3 is 11.9 Å². The minimum absolute atomic E-state index is 0.0142. The van der Waals surface area contributed by atoms with Crippen LogP contribution >= 0.6 is 0 Å². The Bertz CT molecular complexity index is 1510. The van der Waals surface area contributed by atoms with E-state index in [1.807, 2.05) is 0 Å². The highest BCUT2D eigenvalue weighted by Gasteiger charge is 2.52. The molecule has 2 amide bonds. The van der Waals surface area contributed by atoms with E-state index in [1.165, 1.54) is 62.8 Å². The van der Waals surface area contributed by atoms with Crippen LogP contribution in [0.1, 0.15) is 52.7 Å². The maximum atomic E-state index is 15.5. The van der Waals surface area contributed by atoms with Crippen molar-refractivity contribution >= 4 is 35.1 Å². The van der Waals surface area contributed by atoms with Crippen LogP contribution in [0.15, 0.2) is 66.7 Å². The first-order chi connectivity index (χ1) is 20.0. The Morgan fingerprint density at radius 3 is 2.14 bits per heavy atom. The second-order valence-electron chi connectivity index (χ2n) is 9.33. The Hall–Kier alpha value is -5.00. The second kappa shape index (κ2) is 12.2. The Labute approximate surface area is 240 Å². The Balaban J connectivity index is 1.68. The number of ether oxygens (including phenoxy) is 4. The monoisotopic (exact) mass is 582 g/mol. The average Bonchev–Trinajstić information content (AvgIpc) is 3.03. The Morgan fingerprint density at radius 2 is 1.52 bits per heavy atom. The fourth-order valence-electron chi connectivity index (χ4n) is 4.68. The molecule has 2 atom stereocenters. The molecule has 3 aromatic carbocycles. The van der Waals surface area contributed by atoms with Crippen LogP contribution < -0.4 is 19.7 Å². The molecule has 0 spiro atoms. The summed E-state index contributed by atoms with van der Waals surface area (Å²) in [6, 6.07) is 16.2. The Morgan fingerprint density at radius 1 is 0.857 bits per heavy atom. The summed E-state index contributed by atoms with van der Waals surface area (Å²) in [6.07, 6.45) is -4.86. The van der Waals surface area contributed by atoms with E-state index in [1.54, 1.807) is 18.2 Å². The van der Waals surface area contributed by atoms with Gasteiger partial charge in [-0.1, -0.05) is 24.3 Å². The van der Waals surface area contributed by atoms with Gasteiger partial charge in [-0.3, -0.25) is 24.1 Å². The number of fused-ring (bicyclic) bond motifs is 1.